The summed E-state index contributed by atoms with van der Waals surface area (Å²) in [5.41, 5.74) is 4.67. The van der Waals surface area contributed by atoms with Crippen molar-refractivity contribution in [2.75, 3.05) is 43.9 Å². The highest BCUT2D eigenvalue weighted by Crippen LogP contribution is 2.38. The number of alkyl halides is 3. The van der Waals surface area contributed by atoms with Crippen LogP contribution < -0.4 is 15.4 Å². The lowest BCUT2D eigenvalue weighted by Gasteiger charge is -2.32. The molecule has 1 aromatic heterocycles. The van der Waals surface area contributed by atoms with Crippen molar-refractivity contribution in [3.8, 4) is 5.75 Å². The van der Waals surface area contributed by atoms with Gasteiger partial charge in [0.25, 0.3) is 0 Å². The third kappa shape index (κ3) is 4.58. The Morgan fingerprint density at radius 1 is 1.11 bits per heavy atom. The molecule has 28 heavy (non-hydrogen) atoms. The first-order valence-electron chi connectivity index (χ1n) is 8.62. The molecule has 1 unspecified atom stereocenters. The van der Waals surface area contributed by atoms with Crippen LogP contribution in [0.1, 0.15) is 24.4 Å². The van der Waals surface area contributed by atoms with E-state index in [2.05, 4.69) is 19.9 Å². The Morgan fingerprint density at radius 3 is 2.43 bits per heavy atom. The van der Waals surface area contributed by atoms with Crippen LogP contribution in [-0.2, 0) is 6.18 Å². The zero-order chi connectivity index (χ0) is 20.5. The minimum absolute atomic E-state index is 0.0651. The molecule has 1 atom stereocenters. The fraction of sp³-hybridized carbons (Fsp3) is 0.471. The molecule has 1 aliphatic rings. The second kappa shape index (κ2) is 7.74. The van der Waals surface area contributed by atoms with Gasteiger partial charge in [0.1, 0.15) is 11.6 Å². The zero-order valence-corrected chi connectivity index (χ0v) is 15.4. The van der Waals surface area contributed by atoms with Crippen molar-refractivity contribution in [2.45, 2.75) is 19.2 Å². The van der Waals surface area contributed by atoms with Gasteiger partial charge in [-0.2, -0.15) is 28.1 Å². The van der Waals surface area contributed by atoms with Gasteiger partial charge in [-0.25, -0.2) is 4.39 Å². The molecule has 0 saturated carbocycles. The van der Waals surface area contributed by atoms with Crippen molar-refractivity contribution in [1.29, 1.82) is 0 Å². The molecule has 0 radical (unpaired) electrons. The second-order valence-electron chi connectivity index (χ2n) is 6.54. The highest BCUT2D eigenvalue weighted by molar-refractivity contribution is 5.38. The van der Waals surface area contributed by atoms with Crippen LogP contribution in [0.25, 0.3) is 0 Å². The number of nitrogens with zero attached hydrogens (tertiary/aromatic N) is 5. The molecule has 3 rings (SSSR count). The molecular weight excluding hydrogens is 380 g/mol. The molecule has 2 heterocycles. The average molecular weight is 400 g/mol. The van der Waals surface area contributed by atoms with E-state index in [1.54, 1.807) is 0 Å². The number of aromatic nitrogens is 3. The van der Waals surface area contributed by atoms with Crippen LogP contribution in [0.5, 0.6) is 5.75 Å². The van der Waals surface area contributed by atoms with Crippen molar-refractivity contribution in [3.63, 3.8) is 0 Å². The number of likely N-dealkylation sites (N-methyl/N-ethyl adjacent to an activating group) is 1. The highest BCUT2D eigenvalue weighted by Gasteiger charge is 2.35. The summed E-state index contributed by atoms with van der Waals surface area (Å²) in [6.07, 6.45) is -5.69. The number of piperazine rings is 1. The predicted molar refractivity (Wildman–Crippen MR) is 94.4 cm³/mol. The Kier molecular flexibility index (Phi) is 5.54. The number of benzene rings is 1. The van der Waals surface area contributed by atoms with E-state index in [9.17, 15) is 17.6 Å². The van der Waals surface area contributed by atoms with Gasteiger partial charge in [0, 0.05) is 32.2 Å². The summed E-state index contributed by atoms with van der Waals surface area (Å²) >= 11 is 0. The third-order valence-electron chi connectivity index (χ3n) is 4.36. The van der Waals surface area contributed by atoms with Gasteiger partial charge in [-0.05, 0) is 26.1 Å². The summed E-state index contributed by atoms with van der Waals surface area (Å²) in [6, 6.07) is 2.05. The Hall–Kier alpha value is -2.69. The van der Waals surface area contributed by atoms with E-state index in [1.807, 2.05) is 11.9 Å². The Balaban J connectivity index is 1.86. The van der Waals surface area contributed by atoms with Crippen molar-refractivity contribution >= 4 is 11.9 Å². The molecule has 0 aliphatic carbocycles. The molecule has 7 nitrogen and oxygen atoms in total. The molecule has 1 saturated heterocycles. The molecule has 0 bridgehead atoms. The summed E-state index contributed by atoms with van der Waals surface area (Å²) in [5.74, 6) is -1.14. The van der Waals surface area contributed by atoms with E-state index < -0.39 is 29.4 Å². The van der Waals surface area contributed by atoms with Gasteiger partial charge in [0.15, 0.2) is 11.9 Å². The monoisotopic (exact) mass is 400 g/mol. The molecule has 1 aliphatic heterocycles. The molecule has 0 spiro atoms. The first-order valence-corrected chi connectivity index (χ1v) is 8.62. The van der Waals surface area contributed by atoms with Gasteiger partial charge < -0.3 is 20.3 Å². The predicted octanol–water partition coefficient (Wildman–Crippen LogP) is 2.50. The van der Waals surface area contributed by atoms with Crippen molar-refractivity contribution in [2.24, 2.45) is 0 Å². The Labute approximate surface area is 159 Å². The smallest absolute Gasteiger partial charge is 0.419 e. The van der Waals surface area contributed by atoms with E-state index in [4.69, 9.17) is 10.5 Å². The van der Waals surface area contributed by atoms with Gasteiger partial charge >= 0.3 is 6.18 Å². The second-order valence-corrected chi connectivity index (χ2v) is 6.54. The number of nitrogens with two attached hydrogens (primary N) is 1. The van der Waals surface area contributed by atoms with Crippen LogP contribution in [0.15, 0.2) is 18.2 Å². The van der Waals surface area contributed by atoms with E-state index in [-0.39, 0.29) is 11.8 Å². The Bertz CT molecular complexity index is 839. The summed E-state index contributed by atoms with van der Waals surface area (Å²) in [7, 11) is 2.00. The number of halogens is 4. The lowest BCUT2D eigenvalue weighted by molar-refractivity contribution is -0.139. The summed E-state index contributed by atoms with van der Waals surface area (Å²) in [6.45, 7) is 4.44. The van der Waals surface area contributed by atoms with Crippen LogP contribution in [0.3, 0.4) is 0 Å². The number of hydrogen-bond acceptors (Lipinski definition) is 7. The van der Waals surface area contributed by atoms with E-state index in [1.165, 1.54) is 6.92 Å². The number of hydrogen-bond donors (Lipinski definition) is 1. The summed E-state index contributed by atoms with van der Waals surface area (Å²) in [4.78, 5) is 16.4. The summed E-state index contributed by atoms with van der Waals surface area (Å²) in [5, 5.41) is 0. The normalized spacial score (nSPS) is 16.9. The fourth-order valence-electron chi connectivity index (χ4n) is 2.80. The molecule has 2 aromatic rings. The van der Waals surface area contributed by atoms with Crippen LogP contribution >= 0.6 is 0 Å². The minimum atomic E-state index is -4.69. The highest BCUT2D eigenvalue weighted by atomic mass is 19.4. The molecule has 1 aromatic carbocycles. The fourth-order valence-corrected chi connectivity index (χ4v) is 2.80. The minimum Gasteiger partial charge on any atom is -0.482 e. The molecule has 152 valence electrons. The third-order valence-corrected chi connectivity index (χ3v) is 4.36. The number of nitrogen functional groups attached to an aromatic ring is 1. The number of anilines is 2. The van der Waals surface area contributed by atoms with Crippen LogP contribution in [0.4, 0.5) is 29.5 Å². The van der Waals surface area contributed by atoms with E-state index in [0.717, 1.165) is 19.2 Å². The average Bonchev–Trinajstić information content (AvgIpc) is 2.60. The molecule has 1 fully saturated rings. The molecule has 2 N–H and O–H groups in total. The van der Waals surface area contributed by atoms with Gasteiger partial charge in [-0.15, -0.1) is 0 Å². The van der Waals surface area contributed by atoms with Gasteiger partial charge in [0.2, 0.25) is 11.9 Å². The molecule has 11 heteroatoms. The van der Waals surface area contributed by atoms with Gasteiger partial charge in [-0.3, -0.25) is 0 Å². The molecule has 0 amide bonds. The van der Waals surface area contributed by atoms with Crippen molar-refractivity contribution < 1.29 is 22.3 Å². The van der Waals surface area contributed by atoms with Crippen LogP contribution in [0.2, 0.25) is 0 Å². The number of rotatable bonds is 4. The number of ether oxygens (including phenoxy) is 1. The zero-order valence-electron chi connectivity index (χ0n) is 15.4. The van der Waals surface area contributed by atoms with Gasteiger partial charge in [0.05, 0.1) is 5.56 Å². The first kappa shape index (κ1) is 20.1. The van der Waals surface area contributed by atoms with Crippen molar-refractivity contribution in [3.05, 3.63) is 35.4 Å². The lowest BCUT2D eigenvalue weighted by Crippen LogP contribution is -2.45. The van der Waals surface area contributed by atoms with E-state index >= 15 is 0 Å². The van der Waals surface area contributed by atoms with Crippen molar-refractivity contribution in [1.82, 2.24) is 19.9 Å². The SMILES string of the molecule is CC(Oc1cc(F)ccc1C(F)(F)F)c1nc(N)nc(N2CCN(C)CC2)n1. The van der Waals surface area contributed by atoms with Gasteiger partial charge in [-0.1, -0.05) is 0 Å². The Morgan fingerprint density at radius 2 is 1.79 bits per heavy atom. The topological polar surface area (TPSA) is 80.4 Å². The molecular formula is C17H20F4N6O. The maximum absolute atomic E-state index is 13.5. The van der Waals surface area contributed by atoms with Crippen LogP contribution in [-0.4, -0.2) is 53.1 Å². The standard InChI is InChI=1S/C17H20F4N6O/c1-10(28-13-9-11(18)3-4-12(13)17(19,20)21)14-23-15(22)25-16(24-14)27-7-5-26(2)6-8-27/h3-4,9-10H,5-8H2,1-2H3,(H2,22,23,24,25). The first-order chi connectivity index (χ1) is 13.1. The summed E-state index contributed by atoms with van der Waals surface area (Å²) < 4.78 is 58.3. The van der Waals surface area contributed by atoms with Crippen LogP contribution in [0, 0.1) is 5.82 Å². The quantitative estimate of drug-likeness (QED) is 0.790. The maximum Gasteiger partial charge on any atom is 0.419 e. The maximum atomic E-state index is 13.5. The van der Waals surface area contributed by atoms with E-state index in [0.29, 0.717) is 31.2 Å². The largest absolute Gasteiger partial charge is 0.482 e. The lowest BCUT2D eigenvalue weighted by atomic mass is 10.2.